The molecular formula is C26H30FN7O. The van der Waals surface area contributed by atoms with Gasteiger partial charge in [-0.3, -0.25) is 0 Å². The first-order chi connectivity index (χ1) is 17.0. The Morgan fingerprint density at radius 2 is 1.71 bits per heavy atom. The van der Waals surface area contributed by atoms with Crippen LogP contribution in [0, 0.1) is 5.82 Å². The number of benzene rings is 2. The van der Waals surface area contributed by atoms with E-state index in [-0.39, 0.29) is 17.6 Å². The van der Waals surface area contributed by atoms with Gasteiger partial charge in [0.1, 0.15) is 11.6 Å². The van der Waals surface area contributed by atoms with Gasteiger partial charge in [0.05, 0.1) is 12.4 Å². The number of fused-ring (bicyclic) bond motifs is 1. The molecule has 4 aromatic rings. The summed E-state index contributed by atoms with van der Waals surface area (Å²) in [4.78, 5) is 19.0. The van der Waals surface area contributed by atoms with Crippen molar-refractivity contribution in [2.75, 3.05) is 50.0 Å². The molecule has 1 fully saturated rings. The van der Waals surface area contributed by atoms with E-state index in [9.17, 15) is 9.50 Å². The normalized spacial score (nSPS) is 15.5. The van der Waals surface area contributed by atoms with E-state index in [1.54, 1.807) is 30.6 Å². The minimum atomic E-state index is -0.253. The molecule has 0 bridgehead atoms. The summed E-state index contributed by atoms with van der Waals surface area (Å²) >= 11 is 0. The molecule has 3 heterocycles. The lowest BCUT2D eigenvalue weighted by atomic mass is 10.1. The zero-order valence-electron chi connectivity index (χ0n) is 20.0. The molecule has 2 aromatic heterocycles. The monoisotopic (exact) mass is 475 g/mol. The Balaban J connectivity index is 1.46. The number of aromatic hydroxyl groups is 1. The lowest BCUT2D eigenvalue weighted by Gasteiger charge is -2.32. The number of halogens is 1. The molecule has 182 valence electrons. The molecule has 1 atom stereocenters. The molecule has 8 nitrogen and oxygen atoms in total. The van der Waals surface area contributed by atoms with Crippen LogP contribution in [0.3, 0.4) is 0 Å². The van der Waals surface area contributed by atoms with Crippen molar-refractivity contribution in [1.29, 1.82) is 0 Å². The first kappa shape index (κ1) is 23.0. The Labute approximate surface area is 204 Å². The van der Waals surface area contributed by atoms with Crippen molar-refractivity contribution in [3.05, 3.63) is 71.8 Å². The molecule has 1 aliphatic heterocycles. The smallest absolute Gasteiger partial charge is 0.229 e. The van der Waals surface area contributed by atoms with E-state index in [0.717, 1.165) is 49.4 Å². The molecule has 2 aromatic carbocycles. The maximum atomic E-state index is 13.5. The molecule has 1 aliphatic rings. The second kappa shape index (κ2) is 9.87. The van der Waals surface area contributed by atoms with Gasteiger partial charge in [-0.25, -0.2) is 9.37 Å². The van der Waals surface area contributed by atoms with Crippen LogP contribution >= 0.6 is 0 Å². The molecule has 5 rings (SSSR count). The topological polar surface area (TPSA) is 82.3 Å². The maximum absolute atomic E-state index is 13.5. The van der Waals surface area contributed by atoms with Gasteiger partial charge in [0.15, 0.2) is 17.0 Å². The molecular weight excluding hydrogens is 445 g/mol. The summed E-state index contributed by atoms with van der Waals surface area (Å²) in [5.41, 5.74) is 3.56. The molecule has 1 saturated heterocycles. The fourth-order valence-electron chi connectivity index (χ4n) is 4.35. The number of imidazole rings is 1. The summed E-state index contributed by atoms with van der Waals surface area (Å²) in [6.07, 6.45) is 2.56. The number of aromatic nitrogens is 4. The summed E-state index contributed by atoms with van der Waals surface area (Å²) < 4.78 is 15.5. The summed E-state index contributed by atoms with van der Waals surface area (Å²) in [6, 6.07) is 13.7. The molecule has 1 unspecified atom stereocenters. The van der Waals surface area contributed by atoms with Crippen LogP contribution < -0.4 is 10.2 Å². The summed E-state index contributed by atoms with van der Waals surface area (Å²) in [5, 5.41) is 13.0. The van der Waals surface area contributed by atoms with Gasteiger partial charge in [-0.15, -0.1) is 0 Å². The van der Waals surface area contributed by atoms with Gasteiger partial charge in [-0.05, 0) is 55.8 Å². The standard InChI is InChI=1S/C26H30FN7O/c1-18(20-5-7-21(27)8-6-20)34-17-29-23-24(28-12-11-19-3-9-22(35)10-4-19)30-26(31-25(23)34)33-15-13-32(2)14-16-33/h3-10,17-18,35H,11-16H2,1-2H3,(H,28,30,31). The third-order valence-corrected chi connectivity index (χ3v) is 6.61. The summed E-state index contributed by atoms with van der Waals surface area (Å²) in [6.45, 7) is 6.35. The molecule has 0 spiro atoms. The predicted octanol–water partition coefficient (Wildman–Crippen LogP) is 3.69. The molecule has 0 amide bonds. The van der Waals surface area contributed by atoms with Crippen LogP contribution in [0.2, 0.25) is 0 Å². The second-order valence-electron chi connectivity index (χ2n) is 9.06. The Morgan fingerprint density at radius 1 is 1.00 bits per heavy atom. The van der Waals surface area contributed by atoms with E-state index in [4.69, 9.17) is 9.97 Å². The first-order valence-corrected chi connectivity index (χ1v) is 11.9. The fraction of sp³-hybridized carbons (Fsp3) is 0.346. The zero-order valence-corrected chi connectivity index (χ0v) is 20.0. The van der Waals surface area contributed by atoms with Crippen molar-refractivity contribution in [3.8, 4) is 5.75 Å². The van der Waals surface area contributed by atoms with Crippen LogP contribution in [0.15, 0.2) is 54.9 Å². The van der Waals surface area contributed by atoms with Crippen LogP contribution in [0.1, 0.15) is 24.1 Å². The molecule has 2 N–H and O–H groups in total. The van der Waals surface area contributed by atoms with E-state index in [2.05, 4.69) is 34.1 Å². The third-order valence-electron chi connectivity index (χ3n) is 6.61. The molecule has 9 heteroatoms. The Morgan fingerprint density at radius 3 is 2.43 bits per heavy atom. The van der Waals surface area contributed by atoms with E-state index < -0.39 is 0 Å². The molecule has 0 saturated carbocycles. The second-order valence-corrected chi connectivity index (χ2v) is 9.06. The van der Waals surface area contributed by atoms with E-state index in [1.165, 1.54) is 12.1 Å². The number of nitrogens with one attached hydrogen (secondary N) is 1. The van der Waals surface area contributed by atoms with E-state index in [1.807, 2.05) is 16.7 Å². The van der Waals surface area contributed by atoms with Crippen molar-refractivity contribution < 1.29 is 9.50 Å². The SMILES string of the molecule is CC(c1ccc(F)cc1)n1cnc2c(NCCc3ccc(O)cc3)nc(N3CCN(C)CC3)nc21. The molecule has 35 heavy (non-hydrogen) atoms. The first-order valence-electron chi connectivity index (χ1n) is 11.9. The van der Waals surface area contributed by atoms with Gasteiger partial charge >= 0.3 is 0 Å². The van der Waals surface area contributed by atoms with Gasteiger partial charge in [0.2, 0.25) is 5.95 Å². The van der Waals surface area contributed by atoms with Crippen molar-refractivity contribution in [2.24, 2.45) is 0 Å². The highest BCUT2D eigenvalue weighted by atomic mass is 19.1. The van der Waals surface area contributed by atoms with Crippen molar-refractivity contribution in [1.82, 2.24) is 24.4 Å². The quantitative estimate of drug-likeness (QED) is 0.422. The lowest BCUT2D eigenvalue weighted by molar-refractivity contribution is 0.311. The summed E-state index contributed by atoms with van der Waals surface area (Å²) in [5.74, 6) is 1.40. The van der Waals surface area contributed by atoms with Crippen molar-refractivity contribution in [3.63, 3.8) is 0 Å². The number of anilines is 2. The number of nitrogens with zero attached hydrogens (tertiary/aromatic N) is 6. The number of likely N-dealkylation sites (N-methyl/N-ethyl adjacent to an activating group) is 1. The Kier molecular flexibility index (Phi) is 6.50. The highest BCUT2D eigenvalue weighted by molar-refractivity contribution is 5.84. The number of hydrogen-bond acceptors (Lipinski definition) is 7. The highest BCUT2D eigenvalue weighted by Crippen LogP contribution is 2.28. The number of hydrogen-bond donors (Lipinski definition) is 2. The minimum absolute atomic E-state index is 0.0688. The number of rotatable bonds is 7. The fourth-order valence-corrected chi connectivity index (χ4v) is 4.35. The lowest BCUT2D eigenvalue weighted by Crippen LogP contribution is -2.45. The van der Waals surface area contributed by atoms with Crippen LogP contribution in [0.4, 0.5) is 16.2 Å². The van der Waals surface area contributed by atoms with E-state index in [0.29, 0.717) is 23.8 Å². The number of phenols is 1. The van der Waals surface area contributed by atoms with Crippen LogP contribution in [-0.2, 0) is 6.42 Å². The average molecular weight is 476 g/mol. The molecule has 0 aliphatic carbocycles. The van der Waals surface area contributed by atoms with E-state index >= 15 is 0 Å². The van der Waals surface area contributed by atoms with Gasteiger partial charge in [-0.1, -0.05) is 24.3 Å². The maximum Gasteiger partial charge on any atom is 0.229 e. The number of piperazine rings is 1. The van der Waals surface area contributed by atoms with Crippen LogP contribution in [0.5, 0.6) is 5.75 Å². The predicted molar refractivity (Wildman–Crippen MR) is 136 cm³/mol. The van der Waals surface area contributed by atoms with Crippen molar-refractivity contribution >= 4 is 22.9 Å². The minimum Gasteiger partial charge on any atom is -0.508 e. The van der Waals surface area contributed by atoms with Crippen LogP contribution in [0.25, 0.3) is 11.2 Å². The third kappa shape index (κ3) is 5.05. The summed E-state index contributed by atoms with van der Waals surface area (Å²) in [7, 11) is 2.12. The highest BCUT2D eigenvalue weighted by Gasteiger charge is 2.22. The largest absolute Gasteiger partial charge is 0.508 e. The molecule has 0 radical (unpaired) electrons. The van der Waals surface area contributed by atoms with Crippen molar-refractivity contribution in [2.45, 2.75) is 19.4 Å². The number of phenolic OH excluding ortho intramolecular Hbond substituents is 1. The average Bonchev–Trinajstić information content (AvgIpc) is 3.30. The van der Waals surface area contributed by atoms with Gasteiger partial charge in [0.25, 0.3) is 0 Å². The van der Waals surface area contributed by atoms with Crippen LogP contribution in [-0.4, -0.2) is 69.3 Å². The zero-order chi connectivity index (χ0) is 24.4. The Bertz CT molecular complexity index is 1280. The van der Waals surface area contributed by atoms with Gasteiger partial charge in [0, 0.05) is 32.7 Å². The Hall–Kier alpha value is -3.72. The van der Waals surface area contributed by atoms with Gasteiger partial charge in [-0.2, -0.15) is 9.97 Å². The van der Waals surface area contributed by atoms with Gasteiger partial charge < -0.3 is 24.8 Å².